The number of thiocarbonyl (C=S) groups is 1. The van der Waals surface area contributed by atoms with Crippen LogP contribution >= 0.6 is 12.2 Å². The number of rotatable bonds is 6. The third-order valence-corrected chi connectivity index (χ3v) is 7.11. The zero-order chi connectivity index (χ0) is 24.5. The van der Waals surface area contributed by atoms with Crippen molar-refractivity contribution in [2.75, 3.05) is 7.11 Å². The van der Waals surface area contributed by atoms with Gasteiger partial charge in [-0.15, -0.1) is 0 Å². The molecule has 0 saturated carbocycles. The Morgan fingerprint density at radius 2 is 1.77 bits per heavy atom. The number of hydrogen-bond donors (Lipinski definition) is 1. The minimum atomic E-state index is -0.0478. The molecule has 5 rings (SSSR count). The molecule has 4 aromatic rings. The minimum absolute atomic E-state index is 0.00395. The highest BCUT2D eigenvalue weighted by Gasteiger charge is 2.41. The van der Waals surface area contributed by atoms with Gasteiger partial charge in [-0.05, 0) is 92.1 Å². The summed E-state index contributed by atoms with van der Waals surface area (Å²) in [7, 11) is 1.69. The molecule has 2 aromatic heterocycles. The fraction of sp³-hybridized carbons (Fsp3) is 0.241. The first-order chi connectivity index (χ1) is 17.0. The number of pyridine rings is 1. The number of aryl methyl sites for hydroxylation is 2. The quantitative estimate of drug-likeness (QED) is 0.343. The van der Waals surface area contributed by atoms with E-state index in [9.17, 15) is 0 Å². The van der Waals surface area contributed by atoms with E-state index < -0.39 is 0 Å². The molecule has 0 aliphatic carbocycles. The van der Waals surface area contributed by atoms with Crippen LogP contribution in [-0.2, 0) is 6.54 Å². The Hall–Kier alpha value is -3.64. The van der Waals surface area contributed by atoms with Gasteiger partial charge in [-0.25, -0.2) is 0 Å². The Labute approximate surface area is 212 Å². The number of benzene rings is 2. The lowest BCUT2D eigenvalue weighted by Gasteiger charge is -2.28. The maximum atomic E-state index is 5.89. The Morgan fingerprint density at radius 1 is 0.971 bits per heavy atom. The summed E-state index contributed by atoms with van der Waals surface area (Å²) in [5, 5.41) is 4.32. The molecule has 35 heavy (non-hydrogen) atoms. The van der Waals surface area contributed by atoms with Crippen molar-refractivity contribution in [3.8, 4) is 11.4 Å². The van der Waals surface area contributed by atoms with Gasteiger partial charge in [-0.2, -0.15) is 0 Å². The van der Waals surface area contributed by atoms with Crippen molar-refractivity contribution in [3.05, 3.63) is 113 Å². The Morgan fingerprint density at radius 3 is 2.46 bits per heavy atom. The first kappa shape index (κ1) is 23.1. The molecule has 0 spiro atoms. The van der Waals surface area contributed by atoms with E-state index in [0.717, 1.165) is 16.6 Å². The van der Waals surface area contributed by atoms with Gasteiger partial charge in [0.05, 0.1) is 24.9 Å². The zero-order valence-electron chi connectivity index (χ0n) is 20.5. The molecule has 178 valence electrons. The molecule has 1 aliphatic heterocycles. The predicted molar refractivity (Wildman–Crippen MR) is 144 cm³/mol. The lowest BCUT2D eigenvalue weighted by atomic mass is 9.96. The fourth-order valence-corrected chi connectivity index (χ4v) is 5.40. The fourth-order valence-electron chi connectivity index (χ4n) is 5.09. The molecule has 2 atom stereocenters. The van der Waals surface area contributed by atoms with Crippen molar-refractivity contribution in [1.82, 2.24) is 19.8 Å². The lowest BCUT2D eigenvalue weighted by Crippen LogP contribution is -2.29. The molecule has 0 amide bonds. The number of aromatic nitrogens is 2. The molecule has 5 nitrogen and oxygen atoms in total. The minimum Gasteiger partial charge on any atom is -0.497 e. The van der Waals surface area contributed by atoms with Crippen molar-refractivity contribution in [3.63, 3.8) is 0 Å². The van der Waals surface area contributed by atoms with Gasteiger partial charge in [0.15, 0.2) is 5.11 Å². The molecule has 0 bridgehead atoms. The van der Waals surface area contributed by atoms with Crippen molar-refractivity contribution in [1.29, 1.82) is 0 Å². The number of ether oxygens (including phenoxy) is 1. The molecule has 6 heteroatoms. The van der Waals surface area contributed by atoms with Crippen molar-refractivity contribution >= 4 is 17.3 Å². The summed E-state index contributed by atoms with van der Waals surface area (Å²) >= 11 is 5.89. The van der Waals surface area contributed by atoms with E-state index in [1.165, 1.54) is 33.8 Å². The predicted octanol–water partition coefficient (Wildman–Crippen LogP) is 5.98. The van der Waals surface area contributed by atoms with Crippen LogP contribution in [0.3, 0.4) is 0 Å². The summed E-state index contributed by atoms with van der Waals surface area (Å²) in [6.45, 7) is 7.19. The Bertz CT molecular complexity index is 1350. The van der Waals surface area contributed by atoms with E-state index in [-0.39, 0.29) is 12.1 Å². The van der Waals surface area contributed by atoms with Crippen molar-refractivity contribution < 1.29 is 4.74 Å². The van der Waals surface area contributed by atoms with Gasteiger partial charge in [0.2, 0.25) is 0 Å². The highest BCUT2D eigenvalue weighted by molar-refractivity contribution is 7.80. The van der Waals surface area contributed by atoms with Crippen LogP contribution in [0.15, 0.2) is 79.0 Å². The molecule has 0 radical (unpaired) electrons. The van der Waals surface area contributed by atoms with Gasteiger partial charge < -0.3 is 19.5 Å². The highest BCUT2D eigenvalue weighted by Crippen LogP contribution is 2.42. The van der Waals surface area contributed by atoms with Crippen LogP contribution < -0.4 is 10.1 Å². The summed E-state index contributed by atoms with van der Waals surface area (Å²) in [6.07, 6.45) is 1.85. The van der Waals surface area contributed by atoms with Gasteiger partial charge in [-0.3, -0.25) is 4.98 Å². The maximum Gasteiger partial charge on any atom is 0.170 e. The average molecular weight is 483 g/mol. The third-order valence-electron chi connectivity index (χ3n) is 6.76. The van der Waals surface area contributed by atoms with Crippen LogP contribution in [0.25, 0.3) is 5.69 Å². The molecule has 1 N–H and O–H groups in total. The second-order valence-corrected chi connectivity index (χ2v) is 9.49. The average Bonchev–Trinajstić information content (AvgIpc) is 3.34. The van der Waals surface area contributed by atoms with Gasteiger partial charge in [0.25, 0.3) is 0 Å². The maximum absolute atomic E-state index is 5.89. The number of nitrogens with one attached hydrogen (secondary N) is 1. The van der Waals surface area contributed by atoms with Gasteiger partial charge >= 0.3 is 0 Å². The normalized spacial score (nSPS) is 17.5. The number of methoxy groups -OCH3 is 1. The summed E-state index contributed by atoms with van der Waals surface area (Å²) in [5.41, 5.74) is 8.24. The Balaban J connectivity index is 1.60. The monoisotopic (exact) mass is 482 g/mol. The SMILES string of the molecule is COc1ccc(CN2C(=S)N[C@@H](c3ccccn3)[C@@H]2c2cc(C)n(-c3cccc(C)c3)c2C)cc1. The molecule has 1 saturated heterocycles. The lowest BCUT2D eigenvalue weighted by molar-refractivity contribution is 0.310. The van der Waals surface area contributed by atoms with E-state index in [2.05, 4.69) is 84.1 Å². The molecular weight excluding hydrogens is 452 g/mol. The van der Waals surface area contributed by atoms with Crippen LogP contribution in [-0.4, -0.2) is 26.7 Å². The van der Waals surface area contributed by atoms with Crippen LogP contribution in [0.5, 0.6) is 5.75 Å². The second-order valence-electron chi connectivity index (χ2n) is 9.10. The van der Waals surface area contributed by atoms with Crippen LogP contribution in [0.4, 0.5) is 0 Å². The van der Waals surface area contributed by atoms with Crippen LogP contribution in [0, 0.1) is 20.8 Å². The second kappa shape index (κ2) is 9.55. The molecule has 0 unspecified atom stereocenters. The Kier molecular flexibility index (Phi) is 6.31. The van der Waals surface area contributed by atoms with Gasteiger partial charge in [0, 0.05) is 29.8 Å². The zero-order valence-corrected chi connectivity index (χ0v) is 21.3. The molecule has 2 aromatic carbocycles. The van der Waals surface area contributed by atoms with Crippen LogP contribution in [0.1, 0.15) is 45.9 Å². The summed E-state index contributed by atoms with van der Waals surface area (Å²) in [5.74, 6) is 0.848. The smallest absolute Gasteiger partial charge is 0.170 e. The first-order valence-corrected chi connectivity index (χ1v) is 12.2. The first-order valence-electron chi connectivity index (χ1n) is 11.8. The van der Waals surface area contributed by atoms with E-state index in [1.54, 1.807) is 7.11 Å². The summed E-state index contributed by atoms with van der Waals surface area (Å²) < 4.78 is 7.68. The van der Waals surface area contributed by atoms with Crippen LogP contribution in [0.2, 0.25) is 0 Å². The van der Waals surface area contributed by atoms with E-state index >= 15 is 0 Å². The van der Waals surface area contributed by atoms with Crippen molar-refractivity contribution in [2.24, 2.45) is 0 Å². The molecule has 1 aliphatic rings. The van der Waals surface area contributed by atoms with E-state index in [0.29, 0.717) is 6.54 Å². The number of nitrogens with zero attached hydrogens (tertiary/aromatic N) is 3. The van der Waals surface area contributed by atoms with E-state index in [4.69, 9.17) is 21.9 Å². The van der Waals surface area contributed by atoms with Gasteiger partial charge in [-0.1, -0.05) is 30.3 Å². The van der Waals surface area contributed by atoms with E-state index in [1.807, 2.05) is 30.5 Å². The topological polar surface area (TPSA) is 42.3 Å². The standard InChI is InChI=1S/C29H30N4OS/c1-19-8-7-9-23(16-19)33-20(2)17-25(21(33)3)28-27(26-10-5-6-15-30-26)31-29(35)32(28)18-22-11-13-24(34-4)14-12-22/h5-17,27-28H,18H2,1-4H3,(H,31,35)/t27-,28-/m0/s1. The third kappa shape index (κ3) is 4.42. The summed E-state index contributed by atoms with van der Waals surface area (Å²) in [4.78, 5) is 6.98. The molecule has 3 heterocycles. The summed E-state index contributed by atoms with van der Waals surface area (Å²) in [6, 6.07) is 25.1. The number of hydrogen-bond acceptors (Lipinski definition) is 3. The molecule has 1 fully saturated rings. The van der Waals surface area contributed by atoms with Crippen molar-refractivity contribution in [2.45, 2.75) is 39.4 Å². The largest absolute Gasteiger partial charge is 0.497 e. The van der Waals surface area contributed by atoms with Gasteiger partial charge in [0.1, 0.15) is 5.75 Å². The molecular formula is C29H30N4OS. The highest BCUT2D eigenvalue weighted by atomic mass is 32.1.